The van der Waals surface area contributed by atoms with Gasteiger partial charge in [0.1, 0.15) is 63.8 Å². The van der Waals surface area contributed by atoms with Crippen molar-refractivity contribution in [2.45, 2.75) is 14.7 Å². The van der Waals surface area contributed by atoms with Crippen molar-refractivity contribution < 1.29 is 95.0 Å². The van der Waals surface area contributed by atoms with Crippen LogP contribution in [0, 0.1) is 0 Å². The fraction of sp³-hybridized carbons (Fsp3) is 0.132. The van der Waals surface area contributed by atoms with E-state index in [2.05, 4.69) is 45.2 Å². The van der Waals surface area contributed by atoms with E-state index in [9.17, 15) is 66.2 Å². The number of aliphatic hydroxyl groups is 2. The van der Waals surface area contributed by atoms with Gasteiger partial charge in [0.25, 0.3) is 20.2 Å². The standard InChI is InChI=1S/C38H32N8O20S3/c1-62-18-5-7-24(31(13-18)69(59,60)61)40-41-25-16-29(64-12-10-48)26(17-28(25)63-11-9-47)42-43-32-30(67-66-65-55)15-21-20(35(32)49)3-2-4-27(21)46-36(50)33(34(45-46)38(53)54)44-39-23-8-6-19(68(56,57)58)14-22(23)37(51)52/h2-8,13-17,47-50,55H,9-12H2,1H3,(H,51,52)(H,53,54)(H,56,57,58)(H,59,60,61)/b41-40+,43-42+,44-39+. The minimum Gasteiger partial charge on any atom is -0.505 e. The summed E-state index contributed by atoms with van der Waals surface area (Å²) in [4.78, 5) is 22.6. The molecule has 0 unspecified atom stereocenters. The zero-order valence-electron chi connectivity index (χ0n) is 34.6. The van der Waals surface area contributed by atoms with Crippen molar-refractivity contribution in [3.8, 4) is 34.6 Å². The van der Waals surface area contributed by atoms with Crippen LogP contribution in [0.4, 0.5) is 34.1 Å². The van der Waals surface area contributed by atoms with Crippen molar-refractivity contribution in [2.24, 2.45) is 30.7 Å². The molecule has 9 N–H and O–H groups in total. The fourth-order valence-electron chi connectivity index (χ4n) is 5.95. The second-order valence-corrected chi connectivity index (χ2v) is 16.8. The molecule has 0 saturated carbocycles. The molecular formula is C38H32N8O20S3. The predicted molar refractivity (Wildman–Crippen MR) is 232 cm³/mol. The average molecular weight is 1020 g/mol. The molecule has 1 aromatic heterocycles. The lowest BCUT2D eigenvalue weighted by molar-refractivity contribution is -0.432. The summed E-state index contributed by atoms with van der Waals surface area (Å²) in [6.45, 7) is -1.64. The molecule has 6 aromatic rings. The number of aromatic carboxylic acids is 2. The number of carboxylic acids is 2. The van der Waals surface area contributed by atoms with Gasteiger partial charge in [0.15, 0.2) is 11.4 Å². The van der Waals surface area contributed by atoms with E-state index >= 15 is 0 Å². The number of hydrogen-bond acceptors (Lipinski definition) is 24. The zero-order chi connectivity index (χ0) is 50.2. The molecule has 0 aliphatic carbocycles. The molecule has 28 nitrogen and oxygen atoms in total. The zero-order valence-corrected chi connectivity index (χ0v) is 37.0. The molecule has 31 heteroatoms. The van der Waals surface area contributed by atoms with Crippen LogP contribution in [0.15, 0.2) is 118 Å². The van der Waals surface area contributed by atoms with E-state index < -0.39 is 89.4 Å². The van der Waals surface area contributed by atoms with E-state index in [1.165, 1.54) is 55.6 Å². The van der Waals surface area contributed by atoms with Crippen molar-refractivity contribution in [3.05, 3.63) is 84.1 Å². The summed E-state index contributed by atoms with van der Waals surface area (Å²) in [6.07, 6.45) is 0. The maximum atomic E-state index is 12.3. The molecule has 0 spiro atoms. The smallest absolute Gasteiger partial charge is 0.358 e. The van der Waals surface area contributed by atoms with Crippen LogP contribution in [0.3, 0.4) is 0 Å². The first-order chi connectivity index (χ1) is 32.8. The first kappa shape index (κ1) is 50.7. The van der Waals surface area contributed by atoms with Gasteiger partial charge in [-0.3, -0.25) is 9.11 Å². The van der Waals surface area contributed by atoms with Crippen LogP contribution in [0.25, 0.3) is 16.5 Å². The van der Waals surface area contributed by atoms with Crippen molar-refractivity contribution in [1.82, 2.24) is 9.78 Å². The third-order valence-electron chi connectivity index (χ3n) is 8.95. The Labute approximate surface area is 390 Å². The van der Waals surface area contributed by atoms with E-state index in [0.29, 0.717) is 10.7 Å². The maximum Gasteiger partial charge on any atom is 0.358 e. The maximum absolute atomic E-state index is 12.3. The molecule has 0 bridgehead atoms. The number of carbonyl (C=O) groups is 2. The third-order valence-corrected chi connectivity index (χ3v) is 11.3. The number of fused-ring (bicyclic) bond motifs is 1. The van der Waals surface area contributed by atoms with Gasteiger partial charge in [0.05, 0.1) is 53.4 Å². The highest BCUT2D eigenvalue weighted by Gasteiger charge is 2.27. The lowest BCUT2D eigenvalue weighted by Crippen LogP contribution is -2.04. The van der Waals surface area contributed by atoms with Crippen LogP contribution in [0.5, 0.6) is 28.9 Å². The van der Waals surface area contributed by atoms with E-state index in [4.69, 9.17) is 19.5 Å². The highest BCUT2D eigenvalue weighted by atomic mass is 32.2. The second-order valence-electron chi connectivity index (χ2n) is 13.2. The molecule has 0 aliphatic heterocycles. The number of azo groups is 3. The molecule has 362 valence electrons. The number of rotatable bonds is 21. The second kappa shape index (κ2) is 21.5. The molecule has 0 amide bonds. The van der Waals surface area contributed by atoms with E-state index in [-0.39, 0.29) is 86.6 Å². The van der Waals surface area contributed by atoms with Crippen molar-refractivity contribution in [3.63, 3.8) is 0 Å². The van der Waals surface area contributed by atoms with E-state index in [0.717, 1.165) is 18.2 Å². The summed E-state index contributed by atoms with van der Waals surface area (Å²) in [5.41, 5.74) is -4.18. The van der Waals surface area contributed by atoms with Crippen LogP contribution in [0.2, 0.25) is 0 Å². The number of ether oxygens (including phenoxy) is 3. The Morgan fingerprint density at radius 3 is 1.90 bits per heavy atom. The SMILES string of the molecule is COc1ccc(/N=N/c2cc(OCCO)c(/N=N/c3c(SOOO)cc4c(-n5nc(C(=O)O)c(/N=N/c6ccc(S(=O)(=O)O)cc6C(=O)O)c5O)cccc4c3O)cc2OCCO)c(S(=O)(=O)O)c1. The van der Waals surface area contributed by atoms with Gasteiger partial charge in [-0.1, -0.05) is 17.2 Å². The molecule has 5 aromatic carbocycles. The van der Waals surface area contributed by atoms with E-state index in [1.54, 1.807) is 0 Å². The highest BCUT2D eigenvalue weighted by Crippen LogP contribution is 2.48. The number of nitrogens with zero attached hydrogens (tertiary/aromatic N) is 8. The number of carboxylic acid groups (broad SMARTS) is 2. The summed E-state index contributed by atoms with van der Waals surface area (Å²) in [6, 6.07) is 13.4. The number of phenols is 1. The minimum absolute atomic E-state index is 0.0134. The van der Waals surface area contributed by atoms with Crippen molar-refractivity contribution >= 4 is 89.1 Å². The van der Waals surface area contributed by atoms with Crippen LogP contribution < -0.4 is 14.2 Å². The van der Waals surface area contributed by atoms with Gasteiger partial charge in [-0.15, -0.1) is 35.0 Å². The van der Waals surface area contributed by atoms with Crippen LogP contribution in [-0.2, 0) is 29.6 Å². The summed E-state index contributed by atoms with van der Waals surface area (Å²) < 4.78 is 88.2. The number of aromatic hydroxyl groups is 2. The lowest BCUT2D eigenvalue weighted by Gasteiger charge is -2.14. The fourth-order valence-corrected chi connectivity index (χ4v) is 7.59. The van der Waals surface area contributed by atoms with Crippen LogP contribution in [-0.4, -0.2) is 117 Å². The van der Waals surface area contributed by atoms with Gasteiger partial charge in [-0.05, 0) is 42.5 Å². The molecule has 69 heavy (non-hydrogen) atoms. The molecule has 0 radical (unpaired) electrons. The number of benzene rings is 5. The van der Waals surface area contributed by atoms with Gasteiger partial charge in [-0.25, -0.2) is 14.8 Å². The van der Waals surface area contributed by atoms with Crippen LogP contribution >= 0.6 is 12.0 Å². The predicted octanol–water partition coefficient (Wildman–Crippen LogP) is 6.75. The number of phenolic OH excluding ortho intramolecular Hbond substituents is 1. The number of aliphatic hydroxyl groups excluding tert-OH is 2. The Hall–Kier alpha value is -7.72. The van der Waals surface area contributed by atoms with E-state index in [1.807, 2.05) is 0 Å². The third kappa shape index (κ3) is 11.5. The van der Waals surface area contributed by atoms with Gasteiger partial charge >= 0.3 is 11.9 Å². The highest BCUT2D eigenvalue weighted by molar-refractivity contribution is 7.94. The summed E-state index contributed by atoms with van der Waals surface area (Å²) >= 11 is 0.269. The van der Waals surface area contributed by atoms with Crippen molar-refractivity contribution in [1.29, 1.82) is 0 Å². The lowest BCUT2D eigenvalue weighted by atomic mass is 10.1. The normalized spacial score (nSPS) is 12.1. The minimum atomic E-state index is -4.85. The number of methoxy groups -OCH3 is 1. The quantitative estimate of drug-likeness (QED) is 0.0118. The topological polar surface area (TPSA) is 423 Å². The number of hydrogen-bond donors (Lipinski definition) is 9. The first-order valence-corrected chi connectivity index (χ1v) is 22.3. The van der Waals surface area contributed by atoms with Gasteiger partial charge in [0, 0.05) is 29.0 Å². The Morgan fingerprint density at radius 2 is 1.32 bits per heavy atom. The molecule has 0 atom stereocenters. The summed E-state index contributed by atoms with van der Waals surface area (Å²) in [5, 5.41) is 102. The number of aromatic nitrogens is 2. The molecule has 6 rings (SSSR count). The first-order valence-electron chi connectivity index (χ1n) is 18.7. The largest absolute Gasteiger partial charge is 0.505 e. The summed E-state index contributed by atoms with van der Waals surface area (Å²) in [7, 11) is -8.41. The molecule has 0 saturated heterocycles. The van der Waals surface area contributed by atoms with Crippen molar-refractivity contribution in [2.75, 3.05) is 33.5 Å². The Bertz CT molecular complexity index is 3290. The molecule has 0 fully saturated rings. The van der Waals surface area contributed by atoms with Gasteiger partial charge < -0.3 is 44.8 Å². The molecular weight excluding hydrogens is 985 g/mol. The van der Waals surface area contributed by atoms with Gasteiger partial charge in [-0.2, -0.15) is 26.6 Å². The average Bonchev–Trinajstić information content (AvgIpc) is 3.65. The van der Waals surface area contributed by atoms with Gasteiger partial charge in [0.2, 0.25) is 11.6 Å². The summed E-state index contributed by atoms with van der Waals surface area (Å²) in [5.74, 6) is -5.32. The Kier molecular flexibility index (Phi) is 15.8. The Balaban J connectivity index is 1.46. The Morgan fingerprint density at radius 1 is 0.710 bits per heavy atom. The molecule has 1 heterocycles. The monoisotopic (exact) mass is 1020 g/mol. The molecule has 0 aliphatic rings. The van der Waals surface area contributed by atoms with Crippen LogP contribution in [0.1, 0.15) is 20.8 Å².